The minimum atomic E-state index is -0.293. The van der Waals surface area contributed by atoms with Gasteiger partial charge in [-0.05, 0) is 31.0 Å². The molecule has 1 amide bonds. The van der Waals surface area contributed by atoms with Gasteiger partial charge in [0, 0.05) is 45.4 Å². The van der Waals surface area contributed by atoms with Crippen LogP contribution < -0.4 is 20.1 Å². The van der Waals surface area contributed by atoms with Crippen LogP contribution in [0.15, 0.2) is 18.2 Å². The van der Waals surface area contributed by atoms with Gasteiger partial charge in [0.1, 0.15) is 11.9 Å². The van der Waals surface area contributed by atoms with E-state index >= 15 is 0 Å². The standard InChI is InChI=1S/C22H25N7O4/c1-27-19(23)17-18(13-4-5-14-16(11-13)33-12-32-14)24-22(25-20(17)26-27)29-8-6-28(7-9-29)21(30)15-3-2-10-31-15/h4-5,11,15H,2-3,6-10,12,23H2,1H3/t15-/m0/s1. The summed E-state index contributed by atoms with van der Waals surface area (Å²) in [6.07, 6.45) is 1.46. The Bertz CT molecular complexity index is 1230. The summed E-state index contributed by atoms with van der Waals surface area (Å²) >= 11 is 0. The number of nitrogens with two attached hydrogens (primary N) is 1. The molecule has 11 heteroatoms. The lowest BCUT2D eigenvalue weighted by atomic mass is 10.1. The third kappa shape index (κ3) is 3.39. The molecule has 2 N–H and O–H groups in total. The lowest BCUT2D eigenvalue weighted by molar-refractivity contribution is -0.141. The topological polar surface area (TPSA) is 121 Å². The molecule has 2 aromatic heterocycles. The first-order valence-corrected chi connectivity index (χ1v) is 11.1. The van der Waals surface area contributed by atoms with Crippen molar-refractivity contribution in [2.45, 2.75) is 18.9 Å². The van der Waals surface area contributed by atoms with Gasteiger partial charge < -0.3 is 29.7 Å². The minimum Gasteiger partial charge on any atom is -0.454 e. The highest BCUT2D eigenvalue weighted by Gasteiger charge is 2.31. The summed E-state index contributed by atoms with van der Waals surface area (Å²) < 4.78 is 18.2. The maximum absolute atomic E-state index is 12.7. The number of aryl methyl sites for hydroxylation is 1. The lowest BCUT2D eigenvalue weighted by Crippen LogP contribution is -2.51. The van der Waals surface area contributed by atoms with Crippen LogP contribution in [0.4, 0.5) is 11.8 Å². The highest BCUT2D eigenvalue weighted by Crippen LogP contribution is 2.38. The second-order valence-electron chi connectivity index (χ2n) is 8.46. The van der Waals surface area contributed by atoms with Gasteiger partial charge in [0.2, 0.25) is 12.7 Å². The molecule has 0 saturated carbocycles. The highest BCUT2D eigenvalue weighted by atomic mass is 16.7. The van der Waals surface area contributed by atoms with E-state index in [0.29, 0.717) is 72.8 Å². The van der Waals surface area contributed by atoms with Crippen molar-refractivity contribution in [3.05, 3.63) is 18.2 Å². The summed E-state index contributed by atoms with van der Waals surface area (Å²) in [4.78, 5) is 26.3. The van der Waals surface area contributed by atoms with Gasteiger partial charge >= 0.3 is 0 Å². The van der Waals surface area contributed by atoms with E-state index < -0.39 is 0 Å². The Kier molecular flexibility index (Phi) is 4.72. The van der Waals surface area contributed by atoms with Gasteiger partial charge in [0.05, 0.1) is 11.1 Å². The molecule has 0 radical (unpaired) electrons. The van der Waals surface area contributed by atoms with E-state index in [1.807, 2.05) is 23.1 Å². The van der Waals surface area contributed by atoms with E-state index in [2.05, 4.69) is 10.00 Å². The number of piperazine rings is 1. The van der Waals surface area contributed by atoms with Crippen LogP contribution >= 0.6 is 0 Å². The quantitative estimate of drug-likeness (QED) is 0.625. The Morgan fingerprint density at radius 1 is 1.12 bits per heavy atom. The minimum absolute atomic E-state index is 0.0852. The molecule has 5 heterocycles. The Morgan fingerprint density at radius 3 is 2.73 bits per heavy atom. The van der Waals surface area contributed by atoms with Crippen LogP contribution in [0.25, 0.3) is 22.3 Å². The summed E-state index contributed by atoms with van der Waals surface area (Å²) in [5.41, 5.74) is 8.40. The van der Waals surface area contributed by atoms with Gasteiger partial charge in [-0.1, -0.05) is 0 Å². The SMILES string of the molecule is Cn1nc2nc(N3CCN(C(=O)[C@@H]4CCCO4)CC3)nc(-c3ccc4c(c3)OCO4)c2c1N. The fourth-order valence-corrected chi connectivity index (χ4v) is 4.60. The summed E-state index contributed by atoms with van der Waals surface area (Å²) in [7, 11) is 1.79. The van der Waals surface area contributed by atoms with Crippen molar-refractivity contribution in [2.75, 3.05) is 50.2 Å². The van der Waals surface area contributed by atoms with Crippen LogP contribution in [-0.2, 0) is 16.6 Å². The Morgan fingerprint density at radius 2 is 1.94 bits per heavy atom. The number of fused-ring (bicyclic) bond motifs is 2. The van der Waals surface area contributed by atoms with Gasteiger partial charge in [-0.15, -0.1) is 0 Å². The van der Waals surface area contributed by atoms with Crippen molar-refractivity contribution in [1.82, 2.24) is 24.6 Å². The maximum Gasteiger partial charge on any atom is 0.251 e. The van der Waals surface area contributed by atoms with Crippen LogP contribution in [0.3, 0.4) is 0 Å². The Labute approximate surface area is 190 Å². The number of ether oxygens (including phenoxy) is 3. The highest BCUT2D eigenvalue weighted by molar-refractivity contribution is 5.99. The zero-order valence-corrected chi connectivity index (χ0v) is 18.4. The second-order valence-corrected chi connectivity index (χ2v) is 8.46. The molecule has 172 valence electrons. The third-order valence-corrected chi connectivity index (χ3v) is 6.45. The molecule has 3 aromatic rings. The number of hydrogen-bond acceptors (Lipinski definition) is 9. The van der Waals surface area contributed by atoms with Crippen LogP contribution in [0, 0.1) is 0 Å². The van der Waals surface area contributed by atoms with E-state index in [1.165, 1.54) is 0 Å². The molecule has 2 fully saturated rings. The summed E-state index contributed by atoms with van der Waals surface area (Å²) in [6, 6.07) is 5.70. The molecule has 0 unspecified atom stereocenters. The molecule has 11 nitrogen and oxygen atoms in total. The number of carbonyl (C=O) groups excluding carboxylic acids is 1. The normalized spacial score (nSPS) is 20.1. The van der Waals surface area contributed by atoms with E-state index in [1.54, 1.807) is 11.7 Å². The Hall–Kier alpha value is -3.60. The summed E-state index contributed by atoms with van der Waals surface area (Å²) in [5.74, 6) is 2.52. The first-order valence-electron chi connectivity index (χ1n) is 11.1. The second kappa shape index (κ2) is 7.77. The number of hydrogen-bond donors (Lipinski definition) is 1. The molecule has 33 heavy (non-hydrogen) atoms. The molecule has 0 bridgehead atoms. The fraction of sp³-hybridized carbons (Fsp3) is 0.455. The van der Waals surface area contributed by atoms with Crippen molar-refractivity contribution in [2.24, 2.45) is 7.05 Å². The first-order chi connectivity index (χ1) is 16.1. The van der Waals surface area contributed by atoms with Crippen molar-refractivity contribution in [1.29, 1.82) is 0 Å². The van der Waals surface area contributed by atoms with Crippen molar-refractivity contribution in [3.63, 3.8) is 0 Å². The zero-order chi connectivity index (χ0) is 22.5. The first kappa shape index (κ1) is 20.0. The number of nitrogens with zero attached hydrogens (tertiary/aromatic N) is 6. The molecule has 1 aromatic carbocycles. The third-order valence-electron chi connectivity index (χ3n) is 6.45. The monoisotopic (exact) mass is 451 g/mol. The Balaban J connectivity index is 1.32. The molecular formula is C22H25N7O4. The summed E-state index contributed by atoms with van der Waals surface area (Å²) in [6.45, 7) is 3.33. The number of benzene rings is 1. The number of aromatic nitrogens is 4. The maximum atomic E-state index is 12.7. The van der Waals surface area contributed by atoms with E-state index in [4.69, 9.17) is 29.9 Å². The van der Waals surface area contributed by atoms with E-state index in [9.17, 15) is 4.79 Å². The molecule has 3 aliphatic heterocycles. The predicted octanol–water partition coefficient (Wildman–Crippen LogP) is 1.17. The summed E-state index contributed by atoms with van der Waals surface area (Å²) in [5, 5.41) is 5.20. The molecule has 0 spiro atoms. The molecule has 6 rings (SSSR count). The van der Waals surface area contributed by atoms with E-state index in [0.717, 1.165) is 18.4 Å². The average molecular weight is 451 g/mol. The van der Waals surface area contributed by atoms with Gasteiger partial charge in [0.15, 0.2) is 17.1 Å². The van der Waals surface area contributed by atoms with Crippen LogP contribution in [0.2, 0.25) is 0 Å². The van der Waals surface area contributed by atoms with Gasteiger partial charge in [-0.3, -0.25) is 9.48 Å². The van der Waals surface area contributed by atoms with Gasteiger partial charge in [0.25, 0.3) is 5.91 Å². The molecule has 3 aliphatic rings. The zero-order valence-electron chi connectivity index (χ0n) is 18.4. The van der Waals surface area contributed by atoms with Crippen LogP contribution in [0.5, 0.6) is 11.5 Å². The van der Waals surface area contributed by atoms with Crippen molar-refractivity contribution < 1.29 is 19.0 Å². The van der Waals surface area contributed by atoms with Crippen LogP contribution in [0.1, 0.15) is 12.8 Å². The van der Waals surface area contributed by atoms with E-state index in [-0.39, 0.29) is 18.8 Å². The largest absolute Gasteiger partial charge is 0.454 e. The smallest absolute Gasteiger partial charge is 0.251 e. The lowest BCUT2D eigenvalue weighted by Gasteiger charge is -2.35. The average Bonchev–Trinajstić information content (AvgIpc) is 3.59. The van der Waals surface area contributed by atoms with Gasteiger partial charge in [-0.25, -0.2) is 4.98 Å². The number of nitrogen functional groups attached to an aromatic ring is 1. The van der Waals surface area contributed by atoms with Gasteiger partial charge in [-0.2, -0.15) is 10.1 Å². The predicted molar refractivity (Wildman–Crippen MR) is 120 cm³/mol. The number of anilines is 2. The van der Waals surface area contributed by atoms with Crippen molar-refractivity contribution >= 4 is 28.7 Å². The fourth-order valence-electron chi connectivity index (χ4n) is 4.60. The molecule has 0 aliphatic carbocycles. The number of carbonyl (C=O) groups is 1. The molecule has 2 saturated heterocycles. The number of rotatable bonds is 3. The number of amides is 1. The van der Waals surface area contributed by atoms with Crippen LogP contribution in [-0.4, -0.2) is 76.2 Å². The molecule has 1 atom stereocenters. The van der Waals surface area contributed by atoms with Crippen molar-refractivity contribution in [3.8, 4) is 22.8 Å². The molecular weight excluding hydrogens is 426 g/mol.